The quantitative estimate of drug-likeness (QED) is 0.605. The Balaban J connectivity index is 0.00000192. The number of aromatic nitrogens is 2. The molecule has 3 rings (SSSR count). The number of halogens is 2. The second-order valence-electron chi connectivity index (χ2n) is 4.58. The number of hydrogen-bond donors (Lipinski definition) is 1. The first-order valence-corrected chi connectivity index (χ1v) is 7.68. The van der Waals surface area contributed by atoms with E-state index in [1.807, 2.05) is 36.4 Å². The number of fused-ring (bicyclic) bond motifs is 1. The third kappa shape index (κ3) is 3.76. The number of methoxy groups -OCH3 is 2. The summed E-state index contributed by atoms with van der Waals surface area (Å²) in [4.78, 5) is 8.63. The zero-order valence-electron chi connectivity index (χ0n) is 12.5. The molecule has 0 aliphatic heterocycles. The lowest BCUT2D eigenvalue weighted by molar-refractivity contribution is 0.356. The summed E-state index contributed by atoms with van der Waals surface area (Å²) in [5, 5.41) is 4.19. The maximum Gasteiger partial charge on any atom is 0.162 e. The van der Waals surface area contributed by atoms with Crippen LogP contribution in [0.15, 0.2) is 42.7 Å². The molecule has 0 spiro atoms. The number of benzene rings is 2. The lowest BCUT2D eigenvalue weighted by Crippen LogP contribution is -1.98. The molecule has 0 bridgehead atoms. The van der Waals surface area contributed by atoms with Crippen LogP contribution in [0.2, 0.25) is 0 Å². The van der Waals surface area contributed by atoms with Crippen LogP contribution in [0.25, 0.3) is 10.9 Å². The second kappa shape index (κ2) is 7.65. The van der Waals surface area contributed by atoms with Gasteiger partial charge in [0, 0.05) is 20.7 Å². The van der Waals surface area contributed by atoms with Crippen molar-refractivity contribution in [2.75, 3.05) is 19.5 Å². The molecule has 5 nitrogen and oxygen atoms in total. The van der Waals surface area contributed by atoms with Gasteiger partial charge in [0.2, 0.25) is 0 Å². The van der Waals surface area contributed by atoms with E-state index in [-0.39, 0.29) is 12.4 Å². The predicted molar refractivity (Wildman–Crippen MR) is 102 cm³/mol. The van der Waals surface area contributed by atoms with Crippen molar-refractivity contribution in [2.24, 2.45) is 0 Å². The third-order valence-electron chi connectivity index (χ3n) is 3.25. The fourth-order valence-corrected chi connectivity index (χ4v) is 2.51. The lowest BCUT2D eigenvalue weighted by atomic mass is 10.2. The average Bonchev–Trinajstić information content (AvgIpc) is 2.56. The van der Waals surface area contributed by atoms with E-state index in [2.05, 4.69) is 37.9 Å². The molecule has 1 heterocycles. The van der Waals surface area contributed by atoms with Gasteiger partial charge in [0.05, 0.1) is 19.7 Å². The van der Waals surface area contributed by atoms with E-state index in [1.54, 1.807) is 14.2 Å². The van der Waals surface area contributed by atoms with Crippen molar-refractivity contribution in [3.8, 4) is 11.5 Å². The van der Waals surface area contributed by atoms with Gasteiger partial charge in [-0.15, -0.1) is 12.4 Å². The van der Waals surface area contributed by atoms with Crippen molar-refractivity contribution < 1.29 is 9.47 Å². The number of hydrogen-bond acceptors (Lipinski definition) is 5. The van der Waals surface area contributed by atoms with Crippen molar-refractivity contribution in [1.29, 1.82) is 0 Å². The molecule has 120 valence electrons. The highest BCUT2D eigenvalue weighted by Gasteiger charge is 2.11. The smallest absolute Gasteiger partial charge is 0.162 e. The first kappa shape index (κ1) is 17.6. The Hall–Kier alpha value is -1.80. The van der Waals surface area contributed by atoms with Crippen LogP contribution in [0, 0.1) is 3.57 Å². The van der Waals surface area contributed by atoms with Crippen molar-refractivity contribution in [1.82, 2.24) is 9.97 Å². The lowest BCUT2D eigenvalue weighted by Gasteiger charge is -2.12. The average molecular weight is 444 g/mol. The van der Waals surface area contributed by atoms with Crippen molar-refractivity contribution >= 4 is 57.4 Å². The zero-order valence-corrected chi connectivity index (χ0v) is 15.5. The fourth-order valence-electron chi connectivity index (χ4n) is 2.15. The molecule has 0 saturated carbocycles. The molecule has 1 N–H and O–H groups in total. The van der Waals surface area contributed by atoms with Crippen LogP contribution in [0.1, 0.15) is 0 Å². The van der Waals surface area contributed by atoms with Gasteiger partial charge in [-0.05, 0) is 52.9 Å². The van der Waals surface area contributed by atoms with E-state index in [9.17, 15) is 0 Å². The van der Waals surface area contributed by atoms with Gasteiger partial charge in [0.15, 0.2) is 11.5 Å². The summed E-state index contributed by atoms with van der Waals surface area (Å²) in [6.07, 6.45) is 1.53. The minimum Gasteiger partial charge on any atom is -0.493 e. The number of nitrogens with one attached hydrogen (secondary N) is 1. The van der Waals surface area contributed by atoms with Gasteiger partial charge >= 0.3 is 0 Å². The van der Waals surface area contributed by atoms with E-state index in [0.717, 1.165) is 22.4 Å². The molecule has 7 heteroatoms. The summed E-state index contributed by atoms with van der Waals surface area (Å²) < 4.78 is 11.8. The van der Waals surface area contributed by atoms with Crippen molar-refractivity contribution in [2.45, 2.75) is 0 Å². The molecule has 3 aromatic rings. The first-order valence-electron chi connectivity index (χ1n) is 6.60. The number of nitrogens with zero attached hydrogens (tertiary/aromatic N) is 2. The van der Waals surface area contributed by atoms with Gasteiger partial charge in [0.1, 0.15) is 12.1 Å². The van der Waals surface area contributed by atoms with Gasteiger partial charge in [-0.2, -0.15) is 0 Å². The normalized spacial score (nSPS) is 10.0. The molecule has 0 aliphatic carbocycles. The van der Waals surface area contributed by atoms with E-state index in [4.69, 9.17) is 9.47 Å². The van der Waals surface area contributed by atoms with Gasteiger partial charge in [-0.3, -0.25) is 0 Å². The van der Waals surface area contributed by atoms with Crippen LogP contribution in [0.3, 0.4) is 0 Å². The standard InChI is InChI=1S/C16H14IN3O2.ClH/c1-21-14-7-12-13(8-15(14)22-2)18-9-19-16(12)20-11-5-3-10(17)4-6-11;/h3-9H,1-2H3,(H,18,19,20);1H. The Labute approximate surface area is 154 Å². The van der Waals surface area contributed by atoms with E-state index < -0.39 is 0 Å². The summed E-state index contributed by atoms with van der Waals surface area (Å²) in [5.74, 6) is 2.02. The van der Waals surface area contributed by atoms with Crippen molar-refractivity contribution in [3.63, 3.8) is 0 Å². The first-order chi connectivity index (χ1) is 10.7. The van der Waals surface area contributed by atoms with Gasteiger partial charge in [-0.1, -0.05) is 0 Å². The highest BCUT2D eigenvalue weighted by atomic mass is 127. The Morgan fingerprint density at radius 3 is 2.26 bits per heavy atom. The van der Waals surface area contributed by atoms with E-state index in [0.29, 0.717) is 11.5 Å². The minimum absolute atomic E-state index is 0. The molecule has 0 saturated heterocycles. The van der Waals surface area contributed by atoms with Crippen LogP contribution < -0.4 is 14.8 Å². The Kier molecular flexibility index (Phi) is 5.84. The highest BCUT2D eigenvalue weighted by Crippen LogP contribution is 2.34. The Bertz CT molecular complexity index is 812. The summed E-state index contributed by atoms with van der Waals surface area (Å²) >= 11 is 2.27. The molecule has 0 fully saturated rings. The van der Waals surface area contributed by atoms with E-state index in [1.165, 1.54) is 9.90 Å². The summed E-state index contributed by atoms with van der Waals surface area (Å²) in [5.41, 5.74) is 1.76. The molecule has 23 heavy (non-hydrogen) atoms. The number of anilines is 2. The topological polar surface area (TPSA) is 56.3 Å². The monoisotopic (exact) mass is 443 g/mol. The molecule has 0 atom stereocenters. The molecular formula is C16H15ClIN3O2. The Morgan fingerprint density at radius 2 is 1.61 bits per heavy atom. The summed E-state index contributed by atoms with van der Waals surface area (Å²) in [6, 6.07) is 11.8. The molecular weight excluding hydrogens is 429 g/mol. The van der Waals surface area contributed by atoms with Gasteiger partial charge < -0.3 is 14.8 Å². The molecule has 1 aromatic heterocycles. The fraction of sp³-hybridized carbons (Fsp3) is 0.125. The molecule has 0 unspecified atom stereocenters. The van der Waals surface area contributed by atoms with Gasteiger partial charge in [0.25, 0.3) is 0 Å². The van der Waals surface area contributed by atoms with Crippen LogP contribution in [-0.2, 0) is 0 Å². The predicted octanol–water partition coefficient (Wildman–Crippen LogP) is 4.42. The van der Waals surface area contributed by atoms with E-state index >= 15 is 0 Å². The number of ether oxygens (including phenoxy) is 2. The van der Waals surface area contributed by atoms with Crippen LogP contribution in [0.5, 0.6) is 11.5 Å². The van der Waals surface area contributed by atoms with Gasteiger partial charge in [-0.25, -0.2) is 9.97 Å². The third-order valence-corrected chi connectivity index (χ3v) is 3.97. The SMILES string of the molecule is COc1cc2ncnc(Nc3ccc(I)cc3)c2cc1OC.Cl. The largest absolute Gasteiger partial charge is 0.493 e. The van der Waals surface area contributed by atoms with Crippen LogP contribution in [0.4, 0.5) is 11.5 Å². The summed E-state index contributed by atoms with van der Waals surface area (Å²) in [7, 11) is 3.22. The summed E-state index contributed by atoms with van der Waals surface area (Å²) in [6.45, 7) is 0. The highest BCUT2D eigenvalue weighted by molar-refractivity contribution is 14.1. The maximum atomic E-state index is 5.36. The van der Waals surface area contributed by atoms with Crippen LogP contribution >= 0.6 is 35.0 Å². The molecule has 0 aliphatic rings. The minimum atomic E-state index is 0. The second-order valence-corrected chi connectivity index (χ2v) is 5.82. The number of rotatable bonds is 4. The van der Waals surface area contributed by atoms with Crippen molar-refractivity contribution in [3.05, 3.63) is 46.3 Å². The molecule has 0 radical (unpaired) electrons. The van der Waals surface area contributed by atoms with Crippen LogP contribution in [-0.4, -0.2) is 24.2 Å². The zero-order chi connectivity index (χ0) is 15.5. The molecule has 2 aromatic carbocycles. The maximum absolute atomic E-state index is 5.36. The molecule has 0 amide bonds. The Morgan fingerprint density at radius 1 is 0.957 bits per heavy atom.